The van der Waals surface area contributed by atoms with Gasteiger partial charge in [0.2, 0.25) is 5.78 Å². The van der Waals surface area contributed by atoms with Crippen LogP contribution in [0.4, 0.5) is 10.1 Å². The molecule has 174 valence electrons. The fraction of sp³-hybridized carbons (Fsp3) is 0.478. The van der Waals surface area contributed by atoms with Crippen molar-refractivity contribution in [3.05, 3.63) is 51.6 Å². The van der Waals surface area contributed by atoms with Gasteiger partial charge in [-0.15, -0.1) is 0 Å². The number of carbonyl (C=O) groups is 2. The molecule has 2 heterocycles. The molecule has 9 heteroatoms. The van der Waals surface area contributed by atoms with Crippen molar-refractivity contribution >= 4 is 29.0 Å². The monoisotopic (exact) mass is 465 g/mol. The second-order valence-electron chi connectivity index (χ2n) is 8.96. The van der Waals surface area contributed by atoms with Crippen LogP contribution in [-0.2, 0) is 13.0 Å². The van der Waals surface area contributed by atoms with Crippen LogP contribution >= 0.6 is 11.6 Å². The van der Waals surface area contributed by atoms with Gasteiger partial charge in [-0.3, -0.25) is 14.9 Å². The Bertz CT molecular complexity index is 1030. The van der Waals surface area contributed by atoms with Gasteiger partial charge in [-0.25, -0.2) is 4.39 Å². The van der Waals surface area contributed by atoms with Gasteiger partial charge in [0.1, 0.15) is 5.82 Å². The second kappa shape index (κ2) is 9.70. The van der Waals surface area contributed by atoms with Crippen LogP contribution in [0.3, 0.4) is 0 Å². The number of amides is 1. The van der Waals surface area contributed by atoms with Gasteiger partial charge >= 0.3 is 0 Å². The van der Waals surface area contributed by atoms with Gasteiger partial charge < -0.3 is 20.1 Å². The largest absolute Gasteiger partial charge is 0.396 e. The molecule has 0 saturated carbocycles. The molecule has 0 spiro atoms. The third-order valence-corrected chi connectivity index (χ3v) is 6.04. The summed E-state index contributed by atoms with van der Waals surface area (Å²) >= 11 is 5.82. The molecule has 1 aromatic heterocycles. The number of Topliss-reactive ketones (excluding diaryl/α,β-unsaturated/α-hetero) is 1. The Morgan fingerprint density at radius 2 is 2.03 bits per heavy atom. The van der Waals surface area contributed by atoms with Crippen LogP contribution in [0.15, 0.2) is 18.2 Å². The number of carbonyl (C=O) groups excluding carboxylic acids is 2. The summed E-state index contributed by atoms with van der Waals surface area (Å²) in [4.78, 5) is 26.3. The van der Waals surface area contributed by atoms with Crippen molar-refractivity contribution in [1.82, 2.24) is 9.88 Å². The van der Waals surface area contributed by atoms with Crippen molar-refractivity contribution in [2.75, 3.05) is 18.5 Å². The average Bonchev–Trinajstić information content (AvgIpc) is 3.06. The Kier molecular flexibility index (Phi) is 7.39. The number of nitrogens with one attached hydrogen (secondary N) is 2. The van der Waals surface area contributed by atoms with Crippen molar-refractivity contribution in [2.24, 2.45) is 5.41 Å². The van der Waals surface area contributed by atoms with Crippen LogP contribution in [0.1, 0.15) is 58.8 Å². The number of halogens is 2. The molecule has 0 aliphatic carbocycles. The van der Waals surface area contributed by atoms with Crippen LogP contribution in [0, 0.1) is 18.2 Å². The van der Waals surface area contributed by atoms with Crippen LogP contribution < -0.4 is 10.6 Å². The first-order valence-electron chi connectivity index (χ1n) is 10.6. The molecule has 0 bridgehead atoms. The minimum absolute atomic E-state index is 0.0990. The summed E-state index contributed by atoms with van der Waals surface area (Å²) in [6.07, 6.45) is 0.900. The summed E-state index contributed by atoms with van der Waals surface area (Å²) in [5.74, 6) is -1.53. The molecule has 2 aromatic rings. The molecule has 1 amide bonds. The molecule has 1 aliphatic rings. The number of rotatable bonds is 8. The van der Waals surface area contributed by atoms with Gasteiger partial charge in [0.15, 0.2) is 6.23 Å². The smallest absolute Gasteiger partial charge is 0.257 e. The molecule has 1 aliphatic heterocycles. The first-order chi connectivity index (χ1) is 15.1. The number of aliphatic hydroxyl groups is 2. The number of hydrogen-bond donors (Lipinski definition) is 4. The minimum atomic E-state index is -1.47. The lowest BCUT2D eigenvalue weighted by Crippen LogP contribution is -2.43. The molecule has 0 fully saturated rings. The van der Waals surface area contributed by atoms with E-state index < -0.39 is 29.2 Å². The highest BCUT2D eigenvalue weighted by atomic mass is 35.5. The van der Waals surface area contributed by atoms with Crippen molar-refractivity contribution in [2.45, 2.75) is 52.8 Å². The first-order valence-corrected chi connectivity index (χ1v) is 11.0. The predicted octanol–water partition coefficient (Wildman–Crippen LogP) is 3.29. The lowest BCUT2D eigenvalue weighted by Gasteiger charge is -2.24. The number of aromatic nitrogens is 1. The Morgan fingerprint density at radius 3 is 2.69 bits per heavy atom. The Balaban J connectivity index is 1.91. The molecule has 7 nitrogen and oxygen atoms in total. The van der Waals surface area contributed by atoms with E-state index in [9.17, 15) is 24.2 Å². The van der Waals surface area contributed by atoms with Gasteiger partial charge in [0.05, 0.1) is 16.3 Å². The Morgan fingerprint density at radius 1 is 1.31 bits per heavy atom. The average molecular weight is 466 g/mol. The number of ketones is 1. The van der Waals surface area contributed by atoms with E-state index in [4.69, 9.17) is 11.6 Å². The molecule has 0 saturated heterocycles. The molecule has 0 radical (unpaired) electrons. The van der Waals surface area contributed by atoms with E-state index in [1.165, 1.54) is 18.2 Å². The maximum absolute atomic E-state index is 13.4. The summed E-state index contributed by atoms with van der Waals surface area (Å²) in [6.45, 7) is 6.02. The van der Waals surface area contributed by atoms with Crippen LogP contribution in [0.25, 0.3) is 0 Å². The van der Waals surface area contributed by atoms with E-state index >= 15 is 0 Å². The zero-order valence-electron chi connectivity index (χ0n) is 18.5. The SMILES string of the molecule is Cc1c(C(=O)Nc2ccc(F)c(Cl)c2)c2n(c1C(=O)C(O)NCC(C)(C)CO)CCCC2. The highest BCUT2D eigenvalue weighted by Gasteiger charge is 2.32. The number of fused-ring (bicyclic) bond motifs is 1. The molecule has 1 aromatic carbocycles. The van der Waals surface area contributed by atoms with E-state index in [0.717, 1.165) is 18.5 Å². The number of hydrogen-bond acceptors (Lipinski definition) is 5. The van der Waals surface area contributed by atoms with Gasteiger partial charge in [-0.05, 0) is 49.9 Å². The fourth-order valence-electron chi connectivity index (χ4n) is 3.91. The summed E-state index contributed by atoms with van der Waals surface area (Å²) in [6, 6.07) is 3.92. The standard InChI is InChI=1S/C23H29ClFN3O4/c1-13-18(21(31)27-14-7-8-16(25)15(24)10-14)17-6-4-5-9-28(17)19(13)20(30)22(32)26-11-23(2,3)12-29/h7-8,10,22,26,29,32H,4-6,9,11-12H2,1-3H3,(H,27,31). The number of nitrogens with zero attached hydrogens (tertiary/aromatic N) is 1. The number of aliphatic hydroxyl groups excluding tert-OH is 2. The lowest BCUT2D eigenvalue weighted by atomic mass is 9.95. The zero-order chi connectivity index (χ0) is 23.6. The molecule has 1 atom stereocenters. The van der Waals surface area contributed by atoms with Gasteiger partial charge in [0.25, 0.3) is 5.91 Å². The van der Waals surface area contributed by atoms with Gasteiger partial charge in [-0.2, -0.15) is 0 Å². The summed E-state index contributed by atoms with van der Waals surface area (Å²) in [5.41, 5.74) is 1.75. The van der Waals surface area contributed by atoms with E-state index in [2.05, 4.69) is 10.6 Å². The van der Waals surface area contributed by atoms with Crippen molar-refractivity contribution in [3.63, 3.8) is 0 Å². The van der Waals surface area contributed by atoms with Crippen molar-refractivity contribution < 1.29 is 24.2 Å². The number of anilines is 1. The zero-order valence-corrected chi connectivity index (χ0v) is 19.2. The normalized spacial score (nSPS) is 14.7. The maximum atomic E-state index is 13.4. The topological polar surface area (TPSA) is 104 Å². The van der Waals surface area contributed by atoms with Crippen LogP contribution in [0.5, 0.6) is 0 Å². The summed E-state index contributed by atoms with van der Waals surface area (Å²) < 4.78 is 15.3. The van der Waals surface area contributed by atoms with Crippen molar-refractivity contribution in [1.29, 1.82) is 0 Å². The van der Waals surface area contributed by atoms with Gasteiger partial charge in [-0.1, -0.05) is 25.4 Å². The maximum Gasteiger partial charge on any atom is 0.257 e. The van der Waals surface area contributed by atoms with E-state index in [-0.39, 0.29) is 18.2 Å². The minimum Gasteiger partial charge on any atom is -0.396 e. The Labute approximate surface area is 191 Å². The van der Waals surface area contributed by atoms with E-state index in [1.807, 2.05) is 18.4 Å². The third kappa shape index (κ3) is 5.04. The molecule has 3 rings (SSSR count). The molecular weight excluding hydrogens is 437 g/mol. The highest BCUT2D eigenvalue weighted by molar-refractivity contribution is 6.31. The molecular formula is C23H29ClFN3O4. The third-order valence-electron chi connectivity index (χ3n) is 5.75. The van der Waals surface area contributed by atoms with Crippen LogP contribution in [0.2, 0.25) is 5.02 Å². The molecule has 1 unspecified atom stereocenters. The highest BCUT2D eigenvalue weighted by Crippen LogP contribution is 2.30. The second-order valence-corrected chi connectivity index (χ2v) is 9.36. The summed E-state index contributed by atoms with van der Waals surface area (Å²) in [5, 5.41) is 25.3. The summed E-state index contributed by atoms with van der Waals surface area (Å²) in [7, 11) is 0. The molecule has 32 heavy (non-hydrogen) atoms. The Hall–Kier alpha value is -2.26. The number of benzene rings is 1. The van der Waals surface area contributed by atoms with Gasteiger partial charge in [0, 0.05) is 36.5 Å². The molecule has 4 N–H and O–H groups in total. The van der Waals surface area contributed by atoms with Crippen LogP contribution in [-0.4, -0.2) is 45.9 Å². The van der Waals surface area contributed by atoms with E-state index in [1.54, 1.807) is 6.92 Å². The quantitative estimate of drug-likeness (QED) is 0.354. The lowest BCUT2D eigenvalue weighted by molar-refractivity contribution is 0.0598. The first kappa shape index (κ1) is 24.4. The van der Waals surface area contributed by atoms with Crippen molar-refractivity contribution in [3.8, 4) is 0 Å². The fourth-order valence-corrected chi connectivity index (χ4v) is 4.09. The predicted molar refractivity (Wildman–Crippen MR) is 121 cm³/mol. The van der Waals surface area contributed by atoms with E-state index in [0.29, 0.717) is 35.5 Å².